The van der Waals surface area contributed by atoms with Crippen LogP contribution in [0.1, 0.15) is 21.5 Å². The van der Waals surface area contributed by atoms with E-state index in [9.17, 15) is 4.79 Å². The molecule has 4 aromatic rings. The zero-order valence-electron chi connectivity index (χ0n) is 16.3. The summed E-state index contributed by atoms with van der Waals surface area (Å²) in [6.45, 7) is 1.13. The van der Waals surface area contributed by atoms with Gasteiger partial charge in [-0.05, 0) is 23.3 Å². The minimum Gasteiger partial charge on any atom is -0.337 e. The molecule has 5 heteroatoms. The number of nitrogens with zero attached hydrogens (tertiary/aromatic N) is 4. The lowest BCUT2D eigenvalue weighted by Gasteiger charge is -2.17. The fraction of sp³-hybridized carbons (Fsp3) is 0.125. The highest BCUT2D eigenvalue weighted by molar-refractivity contribution is 5.99. The molecule has 0 unspecified atom stereocenters. The quantitative estimate of drug-likeness (QED) is 0.500. The average Bonchev–Trinajstić information content (AvgIpc) is 3.19. The summed E-state index contributed by atoms with van der Waals surface area (Å²) in [5, 5.41) is 4.75. The van der Waals surface area contributed by atoms with Gasteiger partial charge < -0.3 is 4.90 Å². The number of benzene rings is 2. The van der Waals surface area contributed by atoms with Crippen LogP contribution in [0.15, 0.2) is 91.4 Å². The molecule has 4 rings (SSSR count). The van der Waals surface area contributed by atoms with E-state index >= 15 is 0 Å². The van der Waals surface area contributed by atoms with Gasteiger partial charge in [-0.3, -0.25) is 14.5 Å². The Morgan fingerprint density at radius 3 is 2.24 bits per heavy atom. The topological polar surface area (TPSA) is 51.0 Å². The largest absolute Gasteiger partial charge is 0.337 e. The van der Waals surface area contributed by atoms with Gasteiger partial charge in [0.15, 0.2) is 0 Å². The maximum Gasteiger partial charge on any atom is 0.257 e. The monoisotopic (exact) mass is 382 g/mol. The lowest BCUT2D eigenvalue weighted by molar-refractivity contribution is 0.0785. The van der Waals surface area contributed by atoms with Gasteiger partial charge in [0, 0.05) is 37.7 Å². The van der Waals surface area contributed by atoms with Crippen LogP contribution >= 0.6 is 0 Å². The summed E-state index contributed by atoms with van der Waals surface area (Å²) in [6.07, 6.45) is 5.32. The van der Waals surface area contributed by atoms with Crippen LogP contribution in [-0.2, 0) is 13.1 Å². The van der Waals surface area contributed by atoms with Gasteiger partial charge in [-0.2, -0.15) is 5.10 Å². The van der Waals surface area contributed by atoms with Gasteiger partial charge in [0.1, 0.15) is 5.69 Å². The van der Waals surface area contributed by atoms with Gasteiger partial charge in [0.25, 0.3) is 5.91 Å². The zero-order valence-corrected chi connectivity index (χ0v) is 16.3. The number of amides is 1. The van der Waals surface area contributed by atoms with Crippen LogP contribution in [0.3, 0.4) is 0 Å². The van der Waals surface area contributed by atoms with Gasteiger partial charge in [-0.1, -0.05) is 60.7 Å². The maximum atomic E-state index is 13.3. The van der Waals surface area contributed by atoms with Crippen molar-refractivity contribution in [3.05, 3.63) is 108 Å². The molecule has 0 radical (unpaired) electrons. The summed E-state index contributed by atoms with van der Waals surface area (Å²) < 4.78 is 1.84. The molecule has 0 N–H and O–H groups in total. The normalized spacial score (nSPS) is 10.7. The molecule has 0 fully saturated rings. The van der Waals surface area contributed by atoms with Crippen LogP contribution in [-0.4, -0.2) is 32.6 Å². The SMILES string of the molecule is CN(Cc1ccncc1)C(=O)c1cn(Cc2ccccc2)nc1-c1ccccc1. The van der Waals surface area contributed by atoms with Crippen LogP contribution in [0.2, 0.25) is 0 Å². The summed E-state index contributed by atoms with van der Waals surface area (Å²) in [4.78, 5) is 19.0. The molecule has 2 aromatic carbocycles. The minimum absolute atomic E-state index is 0.0556. The molecule has 2 aromatic heterocycles. The van der Waals surface area contributed by atoms with Crippen LogP contribution in [0.5, 0.6) is 0 Å². The molecule has 2 heterocycles. The number of carbonyl (C=O) groups excluding carboxylic acids is 1. The number of pyridine rings is 1. The first-order chi connectivity index (χ1) is 14.2. The van der Waals surface area contributed by atoms with Crippen molar-refractivity contribution in [3.63, 3.8) is 0 Å². The van der Waals surface area contributed by atoms with Crippen molar-refractivity contribution in [2.45, 2.75) is 13.1 Å². The van der Waals surface area contributed by atoms with Gasteiger partial charge in [0.2, 0.25) is 0 Å². The van der Waals surface area contributed by atoms with E-state index in [0.717, 1.165) is 16.7 Å². The van der Waals surface area contributed by atoms with E-state index in [1.807, 2.05) is 78.6 Å². The smallest absolute Gasteiger partial charge is 0.257 e. The first-order valence-electron chi connectivity index (χ1n) is 9.52. The second kappa shape index (κ2) is 8.52. The second-order valence-corrected chi connectivity index (χ2v) is 6.96. The van der Waals surface area contributed by atoms with E-state index in [1.54, 1.807) is 17.3 Å². The molecule has 0 saturated carbocycles. The van der Waals surface area contributed by atoms with Crippen LogP contribution in [0.25, 0.3) is 11.3 Å². The van der Waals surface area contributed by atoms with E-state index in [0.29, 0.717) is 24.3 Å². The number of carbonyl (C=O) groups is 1. The van der Waals surface area contributed by atoms with Gasteiger partial charge in [-0.25, -0.2) is 0 Å². The molecule has 0 bridgehead atoms. The Balaban J connectivity index is 1.65. The van der Waals surface area contributed by atoms with Gasteiger partial charge in [-0.15, -0.1) is 0 Å². The van der Waals surface area contributed by atoms with Crippen molar-refractivity contribution in [1.29, 1.82) is 0 Å². The number of aromatic nitrogens is 3. The number of hydrogen-bond donors (Lipinski definition) is 0. The van der Waals surface area contributed by atoms with Crippen molar-refractivity contribution in [2.24, 2.45) is 0 Å². The molecule has 0 saturated heterocycles. The Kier molecular flexibility index (Phi) is 5.47. The fourth-order valence-corrected chi connectivity index (χ4v) is 3.28. The predicted molar refractivity (Wildman–Crippen MR) is 113 cm³/mol. The Hall–Kier alpha value is -3.73. The minimum atomic E-state index is -0.0556. The Bertz CT molecular complexity index is 1080. The number of rotatable bonds is 6. The maximum absolute atomic E-state index is 13.3. The molecule has 0 aliphatic rings. The molecule has 0 spiro atoms. The molecule has 5 nitrogen and oxygen atoms in total. The molecule has 0 aliphatic carbocycles. The highest BCUT2D eigenvalue weighted by Crippen LogP contribution is 2.24. The van der Waals surface area contributed by atoms with E-state index in [-0.39, 0.29) is 5.91 Å². The summed E-state index contributed by atoms with van der Waals surface area (Å²) in [6, 6.07) is 23.8. The summed E-state index contributed by atoms with van der Waals surface area (Å²) >= 11 is 0. The van der Waals surface area contributed by atoms with E-state index in [4.69, 9.17) is 5.10 Å². The Morgan fingerprint density at radius 2 is 1.55 bits per heavy atom. The summed E-state index contributed by atoms with van der Waals surface area (Å²) in [5.74, 6) is -0.0556. The van der Waals surface area contributed by atoms with Gasteiger partial charge >= 0.3 is 0 Å². The fourth-order valence-electron chi connectivity index (χ4n) is 3.28. The summed E-state index contributed by atoms with van der Waals surface area (Å²) in [5.41, 5.74) is 4.41. The molecule has 0 aliphatic heterocycles. The molecule has 144 valence electrons. The standard InChI is InChI=1S/C24H22N4O/c1-27(16-20-12-14-25-15-13-20)24(29)22-18-28(17-19-8-4-2-5-9-19)26-23(22)21-10-6-3-7-11-21/h2-15,18H,16-17H2,1H3. The third-order valence-corrected chi connectivity index (χ3v) is 4.74. The number of hydrogen-bond acceptors (Lipinski definition) is 3. The molecule has 1 amide bonds. The lowest BCUT2D eigenvalue weighted by Crippen LogP contribution is -2.26. The Morgan fingerprint density at radius 1 is 0.897 bits per heavy atom. The highest BCUT2D eigenvalue weighted by atomic mass is 16.2. The predicted octanol–water partition coefficient (Wildman–Crippen LogP) is 4.27. The van der Waals surface area contributed by atoms with Crippen molar-refractivity contribution < 1.29 is 4.79 Å². The second-order valence-electron chi connectivity index (χ2n) is 6.96. The van der Waals surface area contributed by atoms with Crippen molar-refractivity contribution in [1.82, 2.24) is 19.7 Å². The van der Waals surface area contributed by atoms with E-state index in [1.165, 1.54) is 0 Å². The first kappa shape index (κ1) is 18.6. The third kappa shape index (κ3) is 4.41. The van der Waals surface area contributed by atoms with E-state index in [2.05, 4.69) is 17.1 Å². The molecule has 29 heavy (non-hydrogen) atoms. The summed E-state index contributed by atoms with van der Waals surface area (Å²) in [7, 11) is 1.81. The third-order valence-electron chi connectivity index (χ3n) is 4.74. The van der Waals surface area contributed by atoms with Crippen molar-refractivity contribution in [3.8, 4) is 11.3 Å². The zero-order chi connectivity index (χ0) is 20.1. The average molecular weight is 382 g/mol. The van der Waals surface area contributed by atoms with Crippen LogP contribution < -0.4 is 0 Å². The van der Waals surface area contributed by atoms with Crippen LogP contribution in [0.4, 0.5) is 0 Å². The first-order valence-corrected chi connectivity index (χ1v) is 9.52. The van der Waals surface area contributed by atoms with Gasteiger partial charge in [0.05, 0.1) is 12.1 Å². The van der Waals surface area contributed by atoms with Crippen molar-refractivity contribution >= 4 is 5.91 Å². The lowest BCUT2D eigenvalue weighted by atomic mass is 10.1. The highest BCUT2D eigenvalue weighted by Gasteiger charge is 2.21. The van der Waals surface area contributed by atoms with Crippen molar-refractivity contribution in [2.75, 3.05) is 7.05 Å². The molecule has 0 atom stereocenters. The molecular formula is C24H22N4O. The van der Waals surface area contributed by atoms with E-state index < -0.39 is 0 Å². The molecular weight excluding hydrogens is 360 g/mol. The Labute approximate surface area is 170 Å². The van der Waals surface area contributed by atoms with Crippen LogP contribution in [0, 0.1) is 0 Å².